The number of nitrogens with zero attached hydrogens (tertiary/aromatic N) is 3. The number of fused-ring (bicyclic) bond motifs is 1. The maximum Gasteiger partial charge on any atom is 0.191 e. The van der Waals surface area contributed by atoms with Gasteiger partial charge in [-0.15, -0.1) is 10.2 Å². The van der Waals surface area contributed by atoms with Crippen molar-refractivity contribution in [1.29, 1.82) is 0 Å². The summed E-state index contributed by atoms with van der Waals surface area (Å²) < 4.78 is 7.94. The highest BCUT2D eigenvalue weighted by Gasteiger charge is 2.28. The lowest BCUT2D eigenvalue weighted by Gasteiger charge is -2.13. The van der Waals surface area contributed by atoms with E-state index in [1.54, 1.807) is 11.8 Å². The van der Waals surface area contributed by atoms with Crippen LogP contribution < -0.4 is 4.74 Å². The zero-order valence-electron chi connectivity index (χ0n) is 14.1. The smallest absolute Gasteiger partial charge is 0.191 e. The third kappa shape index (κ3) is 3.80. The average molecular weight is 355 g/mol. The van der Waals surface area contributed by atoms with E-state index >= 15 is 0 Å². The average Bonchev–Trinajstić information content (AvgIpc) is 3.40. The minimum Gasteiger partial charge on any atom is -0.491 e. The van der Waals surface area contributed by atoms with E-state index in [1.807, 2.05) is 37.3 Å². The molecule has 0 saturated heterocycles. The van der Waals surface area contributed by atoms with Crippen molar-refractivity contribution in [3.8, 4) is 5.75 Å². The Bertz CT molecular complexity index is 876. The minimum atomic E-state index is -0.555. The number of aliphatic hydroxyl groups is 1. The molecule has 0 bridgehead atoms. The Morgan fingerprint density at radius 2 is 2.00 bits per heavy atom. The van der Waals surface area contributed by atoms with Crippen LogP contribution in [0.2, 0.25) is 0 Å². The molecular formula is C19H21N3O2S. The molecule has 0 radical (unpaired) electrons. The first-order chi connectivity index (χ1) is 12.2. The lowest BCUT2D eigenvalue weighted by molar-refractivity contribution is 0.126. The fourth-order valence-corrected chi connectivity index (χ4v) is 3.83. The molecule has 6 heteroatoms. The van der Waals surface area contributed by atoms with E-state index in [2.05, 4.69) is 26.9 Å². The Hall–Kier alpha value is -2.05. The molecule has 25 heavy (non-hydrogen) atoms. The lowest BCUT2D eigenvalue weighted by atomic mass is 10.1. The van der Waals surface area contributed by atoms with Crippen LogP contribution in [-0.4, -0.2) is 38.3 Å². The minimum absolute atomic E-state index is 0.266. The van der Waals surface area contributed by atoms with Gasteiger partial charge < -0.3 is 14.4 Å². The summed E-state index contributed by atoms with van der Waals surface area (Å²) in [6.45, 7) is 2.25. The van der Waals surface area contributed by atoms with Crippen molar-refractivity contribution in [2.24, 2.45) is 0 Å². The molecule has 1 fully saturated rings. The molecule has 130 valence electrons. The first-order valence-corrected chi connectivity index (χ1v) is 9.53. The Morgan fingerprint density at radius 1 is 1.20 bits per heavy atom. The van der Waals surface area contributed by atoms with Gasteiger partial charge in [-0.1, -0.05) is 42.1 Å². The SMILES string of the molecule is Cc1nnc(SC[C@@H](O)COc2ccc3ccccc3c2)n1C1CC1. The van der Waals surface area contributed by atoms with E-state index in [1.165, 1.54) is 18.2 Å². The predicted octanol–water partition coefficient (Wildman–Crippen LogP) is 3.61. The second-order valence-corrected chi connectivity index (χ2v) is 7.40. The first-order valence-electron chi connectivity index (χ1n) is 8.54. The van der Waals surface area contributed by atoms with Crippen molar-refractivity contribution in [1.82, 2.24) is 14.8 Å². The molecule has 0 aliphatic heterocycles. The van der Waals surface area contributed by atoms with Crippen LogP contribution in [0.3, 0.4) is 0 Å². The van der Waals surface area contributed by atoms with Crippen LogP contribution >= 0.6 is 11.8 Å². The Balaban J connectivity index is 1.32. The van der Waals surface area contributed by atoms with E-state index < -0.39 is 6.10 Å². The number of ether oxygens (including phenoxy) is 1. The van der Waals surface area contributed by atoms with Crippen LogP contribution in [0.5, 0.6) is 5.75 Å². The van der Waals surface area contributed by atoms with Gasteiger partial charge in [0.05, 0.1) is 6.10 Å². The zero-order valence-corrected chi connectivity index (χ0v) is 14.9. The summed E-state index contributed by atoms with van der Waals surface area (Å²) in [5.41, 5.74) is 0. The molecule has 1 aromatic heterocycles. The molecule has 5 nitrogen and oxygen atoms in total. The van der Waals surface area contributed by atoms with Gasteiger partial charge in [0.15, 0.2) is 5.16 Å². The summed E-state index contributed by atoms with van der Waals surface area (Å²) >= 11 is 1.54. The highest BCUT2D eigenvalue weighted by Crippen LogP contribution is 2.38. The molecule has 2 aromatic carbocycles. The van der Waals surface area contributed by atoms with Crippen LogP contribution in [0.15, 0.2) is 47.6 Å². The first kappa shape index (κ1) is 16.4. The van der Waals surface area contributed by atoms with Gasteiger partial charge in [0.1, 0.15) is 18.2 Å². The Labute approximate surface area is 151 Å². The molecule has 1 aliphatic rings. The van der Waals surface area contributed by atoms with E-state index in [0.29, 0.717) is 11.8 Å². The van der Waals surface area contributed by atoms with Crippen LogP contribution in [-0.2, 0) is 0 Å². The number of rotatable bonds is 7. The zero-order chi connectivity index (χ0) is 17.2. The monoisotopic (exact) mass is 355 g/mol. The van der Waals surface area contributed by atoms with E-state index in [0.717, 1.165) is 22.1 Å². The quantitative estimate of drug-likeness (QED) is 0.656. The van der Waals surface area contributed by atoms with Gasteiger partial charge in [0.2, 0.25) is 0 Å². The van der Waals surface area contributed by atoms with Crippen molar-refractivity contribution in [2.45, 2.75) is 37.1 Å². The van der Waals surface area contributed by atoms with Gasteiger partial charge in [-0.2, -0.15) is 0 Å². The topological polar surface area (TPSA) is 60.2 Å². The fraction of sp³-hybridized carbons (Fsp3) is 0.368. The summed E-state index contributed by atoms with van der Waals surface area (Å²) in [6.07, 6.45) is 1.83. The van der Waals surface area contributed by atoms with Gasteiger partial charge in [0, 0.05) is 11.8 Å². The molecule has 0 unspecified atom stereocenters. The maximum absolute atomic E-state index is 10.2. The Kier molecular flexibility index (Phi) is 4.63. The summed E-state index contributed by atoms with van der Waals surface area (Å²) in [5, 5.41) is 21.8. The number of hydrogen-bond donors (Lipinski definition) is 1. The highest BCUT2D eigenvalue weighted by atomic mass is 32.2. The normalized spacial score (nSPS) is 15.4. The standard InChI is InChI=1S/C19H21N3O2S/c1-13-20-21-19(22(13)16-7-8-16)25-12-17(23)11-24-18-9-6-14-4-2-3-5-15(14)10-18/h2-6,9-10,16-17,23H,7-8,11-12H2,1H3/t17-/m0/s1. The molecule has 4 rings (SSSR count). The van der Waals surface area contributed by atoms with E-state index in [4.69, 9.17) is 4.74 Å². The number of benzene rings is 2. The van der Waals surface area contributed by atoms with Crippen LogP contribution in [0, 0.1) is 6.92 Å². The molecule has 1 heterocycles. The van der Waals surface area contributed by atoms with Crippen LogP contribution in [0.1, 0.15) is 24.7 Å². The third-order valence-electron chi connectivity index (χ3n) is 4.32. The van der Waals surface area contributed by atoms with Gasteiger partial charge in [-0.05, 0) is 42.7 Å². The molecule has 3 aromatic rings. The van der Waals surface area contributed by atoms with Crippen molar-refractivity contribution >= 4 is 22.5 Å². The number of aromatic nitrogens is 3. The molecule has 1 aliphatic carbocycles. The van der Waals surface area contributed by atoms with Crippen LogP contribution in [0.4, 0.5) is 0 Å². The van der Waals surface area contributed by atoms with Gasteiger partial charge in [-0.3, -0.25) is 0 Å². The van der Waals surface area contributed by atoms with Gasteiger partial charge in [-0.25, -0.2) is 0 Å². The molecule has 1 saturated carbocycles. The van der Waals surface area contributed by atoms with Crippen molar-refractivity contribution in [3.63, 3.8) is 0 Å². The van der Waals surface area contributed by atoms with E-state index in [9.17, 15) is 5.11 Å². The maximum atomic E-state index is 10.2. The predicted molar refractivity (Wildman–Crippen MR) is 99.2 cm³/mol. The molecular weight excluding hydrogens is 334 g/mol. The molecule has 0 spiro atoms. The summed E-state index contributed by atoms with van der Waals surface area (Å²) in [6, 6.07) is 14.7. The van der Waals surface area contributed by atoms with Crippen molar-refractivity contribution in [3.05, 3.63) is 48.3 Å². The van der Waals surface area contributed by atoms with Crippen molar-refractivity contribution < 1.29 is 9.84 Å². The van der Waals surface area contributed by atoms with Gasteiger partial charge >= 0.3 is 0 Å². The largest absolute Gasteiger partial charge is 0.491 e. The van der Waals surface area contributed by atoms with E-state index in [-0.39, 0.29) is 6.61 Å². The van der Waals surface area contributed by atoms with Crippen molar-refractivity contribution in [2.75, 3.05) is 12.4 Å². The van der Waals surface area contributed by atoms with Crippen LogP contribution in [0.25, 0.3) is 10.8 Å². The second kappa shape index (κ2) is 7.06. The lowest BCUT2D eigenvalue weighted by Crippen LogP contribution is -2.20. The third-order valence-corrected chi connectivity index (χ3v) is 5.40. The molecule has 1 atom stereocenters. The molecule has 1 N–H and O–H groups in total. The molecule has 0 amide bonds. The number of hydrogen-bond acceptors (Lipinski definition) is 5. The number of aryl methyl sites for hydroxylation is 1. The fourth-order valence-electron chi connectivity index (χ4n) is 2.87. The van der Waals surface area contributed by atoms with Gasteiger partial charge in [0.25, 0.3) is 0 Å². The number of thioether (sulfide) groups is 1. The highest BCUT2D eigenvalue weighted by molar-refractivity contribution is 7.99. The number of aliphatic hydroxyl groups excluding tert-OH is 1. The summed E-state index contributed by atoms with van der Waals surface area (Å²) in [7, 11) is 0. The second-order valence-electron chi connectivity index (χ2n) is 6.42. The summed E-state index contributed by atoms with van der Waals surface area (Å²) in [5.74, 6) is 2.27. The Morgan fingerprint density at radius 3 is 2.80 bits per heavy atom. The summed E-state index contributed by atoms with van der Waals surface area (Å²) in [4.78, 5) is 0.